The lowest BCUT2D eigenvalue weighted by Crippen LogP contribution is -2.44. The lowest BCUT2D eigenvalue weighted by atomic mass is 10.2. The molecular weight excluding hydrogens is 352 g/mol. The number of carbonyl (C=O) groups excluding carboxylic acids is 1. The predicted octanol–water partition coefficient (Wildman–Crippen LogP) is 2.10. The summed E-state index contributed by atoms with van der Waals surface area (Å²) in [6, 6.07) is 0.0393. The van der Waals surface area contributed by atoms with Gasteiger partial charge in [-0.3, -0.25) is 9.20 Å². The van der Waals surface area contributed by atoms with E-state index in [1.54, 1.807) is 0 Å². The molecule has 0 aromatic heterocycles. The number of alkyl carbamates (subject to hydrolysis) is 1. The third kappa shape index (κ3) is 8.38. The molecule has 2 unspecified atom stereocenters. The molecule has 0 spiro atoms. The zero-order valence-electron chi connectivity index (χ0n) is 17.3. The summed E-state index contributed by atoms with van der Waals surface area (Å²) in [6.07, 6.45) is 0.462. The van der Waals surface area contributed by atoms with Gasteiger partial charge in [0.15, 0.2) is 5.96 Å². The Balaban J connectivity index is 2.57. The number of aliphatic imine (C=N–C) groups is 1. The van der Waals surface area contributed by atoms with E-state index >= 15 is 0 Å². The summed E-state index contributed by atoms with van der Waals surface area (Å²) in [4.78, 5) is 18.7. The molecule has 2 atom stereocenters. The second-order valence-electron chi connectivity index (χ2n) is 8.48. The van der Waals surface area contributed by atoms with Gasteiger partial charge in [-0.05, 0) is 54.9 Å². The molecule has 152 valence electrons. The van der Waals surface area contributed by atoms with Crippen LogP contribution in [0, 0.1) is 0 Å². The van der Waals surface area contributed by atoms with E-state index < -0.39 is 16.4 Å². The Labute approximate surface area is 160 Å². The molecule has 0 aromatic carbocycles. The van der Waals surface area contributed by atoms with Gasteiger partial charge in [-0.25, -0.2) is 4.79 Å². The molecule has 0 aliphatic carbocycles. The smallest absolute Gasteiger partial charge is 0.407 e. The van der Waals surface area contributed by atoms with Crippen LogP contribution in [0.2, 0.25) is 0 Å². The topological polar surface area (TPSA) is 83.0 Å². The molecule has 0 bridgehead atoms. The number of rotatable bonds is 5. The van der Waals surface area contributed by atoms with Crippen molar-refractivity contribution < 1.29 is 13.7 Å². The highest BCUT2D eigenvalue weighted by Crippen LogP contribution is 2.13. The molecule has 0 radical (unpaired) electrons. The van der Waals surface area contributed by atoms with Crippen molar-refractivity contribution in [1.82, 2.24) is 15.5 Å². The van der Waals surface area contributed by atoms with Crippen LogP contribution in [-0.4, -0.2) is 69.5 Å². The van der Waals surface area contributed by atoms with Gasteiger partial charge in [-0.15, -0.1) is 0 Å². The van der Waals surface area contributed by atoms with E-state index in [1.165, 1.54) is 0 Å². The average molecular weight is 389 g/mol. The van der Waals surface area contributed by atoms with Gasteiger partial charge in [0.2, 0.25) is 0 Å². The highest BCUT2D eigenvalue weighted by molar-refractivity contribution is 7.86. The van der Waals surface area contributed by atoms with Gasteiger partial charge in [-0.1, -0.05) is 0 Å². The second kappa shape index (κ2) is 9.58. The minimum atomic E-state index is -0.911. The summed E-state index contributed by atoms with van der Waals surface area (Å²) in [5.41, 5.74) is -0.499. The number of guanidine groups is 1. The molecule has 26 heavy (non-hydrogen) atoms. The van der Waals surface area contributed by atoms with Crippen LogP contribution in [0.4, 0.5) is 4.79 Å². The number of hydrogen-bond acceptors (Lipinski definition) is 4. The Bertz CT molecular complexity index is 524. The molecule has 1 aliphatic heterocycles. The lowest BCUT2D eigenvalue weighted by molar-refractivity contribution is 0.0507. The molecular formula is C18H36N4O3S. The highest BCUT2D eigenvalue weighted by Gasteiger charge is 2.28. The first-order chi connectivity index (χ1) is 11.9. The number of amides is 1. The molecule has 0 aromatic rings. The van der Waals surface area contributed by atoms with E-state index in [0.29, 0.717) is 18.8 Å². The Kier molecular flexibility index (Phi) is 8.37. The first-order valence-corrected chi connectivity index (χ1v) is 10.7. The lowest BCUT2D eigenvalue weighted by Gasteiger charge is -2.23. The van der Waals surface area contributed by atoms with Crippen molar-refractivity contribution in [3.63, 3.8) is 0 Å². The Morgan fingerprint density at radius 1 is 1.27 bits per heavy atom. The number of likely N-dealkylation sites (tertiary alicyclic amines) is 1. The third-order valence-corrected chi connectivity index (χ3v) is 5.68. The first kappa shape index (κ1) is 22.7. The number of hydrogen-bond donors (Lipinski definition) is 2. The van der Waals surface area contributed by atoms with Gasteiger partial charge in [0.05, 0.1) is 12.6 Å². The third-order valence-electron chi connectivity index (χ3n) is 3.76. The molecule has 2 N–H and O–H groups in total. The Morgan fingerprint density at radius 2 is 1.92 bits per heavy atom. The monoisotopic (exact) mass is 388 g/mol. The van der Waals surface area contributed by atoms with Crippen LogP contribution in [0.25, 0.3) is 0 Å². The van der Waals surface area contributed by atoms with Crippen molar-refractivity contribution in [1.29, 1.82) is 0 Å². The van der Waals surface area contributed by atoms with E-state index in [4.69, 9.17) is 4.74 Å². The largest absolute Gasteiger partial charge is 0.444 e. The van der Waals surface area contributed by atoms with Crippen LogP contribution < -0.4 is 10.6 Å². The van der Waals surface area contributed by atoms with Crippen LogP contribution >= 0.6 is 0 Å². The zero-order chi connectivity index (χ0) is 20.0. The maximum Gasteiger partial charge on any atom is 0.407 e. The fraction of sp³-hybridized carbons (Fsp3) is 0.889. The van der Waals surface area contributed by atoms with E-state index in [0.717, 1.165) is 25.5 Å². The zero-order valence-corrected chi connectivity index (χ0v) is 18.2. The fourth-order valence-electron chi connectivity index (χ4n) is 2.51. The van der Waals surface area contributed by atoms with Gasteiger partial charge in [-0.2, -0.15) is 0 Å². The van der Waals surface area contributed by atoms with Gasteiger partial charge >= 0.3 is 6.09 Å². The molecule has 1 heterocycles. The van der Waals surface area contributed by atoms with Crippen molar-refractivity contribution >= 4 is 22.9 Å². The summed E-state index contributed by atoms with van der Waals surface area (Å²) >= 11 is 0. The predicted molar refractivity (Wildman–Crippen MR) is 108 cm³/mol. The van der Waals surface area contributed by atoms with E-state index in [1.807, 2.05) is 48.5 Å². The molecule has 1 amide bonds. The first-order valence-electron chi connectivity index (χ1n) is 9.33. The van der Waals surface area contributed by atoms with Crippen molar-refractivity contribution in [3.05, 3.63) is 0 Å². The molecule has 7 nitrogen and oxygen atoms in total. The SMILES string of the molecule is CCNC(=NCCS(=O)C(C)(C)C)N1CCC(NC(=O)OC(C)(C)C)C1. The number of carbonyl (C=O) groups is 1. The van der Waals surface area contributed by atoms with Crippen LogP contribution in [-0.2, 0) is 15.5 Å². The summed E-state index contributed by atoms with van der Waals surface area (Å²) < 4.78 is 17.3. The molecule has 1 rings (SSSR count). The number of nitrogens with one attached hydrogen (secondary N) is 2. The minimum absolute atomic E-state index is 0.0393. The number of nitrogens with zero attached hydrogens (tertiary/aromatic N) is 2. The summed E-state index contributed by atoms with van der Waals surface area (Å²) in [7, 11) is -0.911. The van der Waals surface area contributed by atoms with E-state index in [9.17, 15) is 9.00 Å². The van der Waals surface area contributed by atoms with Crippen LogP contribution in [0.5, 0.6) is 0 Å². The van der Waals surface area contributed by atoms with Crippen molar-refractivity contribution in [2.24, 2.45) is 4.99 Å². The molecule has 1 saturated heterocycles. The van der Waals surface area contributed by atoms with Gasteiger partial charge in [0, 0.05) is 40.9 Å². The summed E-state index contributed by atoms with van der Waals surface area (Å²) in [5, 5.41) is 6.20. The standard InChI is InChI=1S/C18H36N4O3S/c1-8-19-15(20-10-12-26(24)18(5,6)7)22-11-9-14(13-22)21-16(23)25-17(2,3)4/h14H,8-13H2,1-7H3,(H,19,20)(H,21,23). The Hall–Kier alpha value is -1.31. The van der Waals surface area contributed by atoms with Crippen molar-refractivity contribution in [2.75, 3.05) is 31.9 Å². The van der Waals surface area contributed by atoms with E-state index in [-0.39, 0.29) is 16.9 Å². The minimum Gasteiger partial charge on any atom is -0.444 e. The molecule has 1 fully saturated rings. The summed E-state index contributed by atoms with van der Waals surface area (Å²) in [6.45, 7) is 16.3. The van der Waals surface area contributed by atoms with E-state index in [2.05, 4.69) is 20.5 Å². The highest BCUT2D eigenvalue weighted by atomic mass is 32.2. The quantitative estimate of drug-likeness (QED) is 0.557. The normalized spacial score (nSPS) is 20.0. The number of ether oxygens (including phenoxy) is 1. The summed E-state index contributed by atoms with van der Waals surface area (Å²) in [5.74, 6) is 1.36. The maximum atomic E-state index is 12.2. The molecule has 0 saturated carbocycles. The van der Waals surface area contributed by atoms with Crippen LogP contribution in [0.1, 0.15) is 54.9 Å². The van der Waals surface area contributed by atoms with Crippen LogP contribution in [0.15, 0.2) is 4.99 Å². The van der Waals surface area contributed by atoms with Crippen LogP contribution in [0.3, 0.4) is 0 Å². The van der Waals surface area contributed by atoms with Crippen molar-refractivity contribution in [3.8, 4) is 0 Å². The maximum absolute atomic E-state index is 12.2. The average Bonchev–Trinajstić information content (AvgIpc) is 2.91. The van der Waals surface area contributed by atoms with Crippen molar-refractivity contribution in [2.45, 2.75) is 71.3 Å². The van der Waals surface area contributed by atoms with Gasteiger partial charge < -0.3 is 20.3 Å². The fourth-order valence-corrected chi connectivity index (χ4v) is 3.38. The molecule has 8 heteroatoms. The molecule has 1 aliphatic rings. The van der Waals surface area contributed by atoms with Gasteiger partial charge in [0.1, 0.15) is 5.60 Å². The van der Waals surface area contributed by atoms with Gasteiger partial charge in [0.25, 0.3) is 0 Å². The second-order valence-corrected chi connectivity index (χ2v) is 10.8. The Morgan fingerprint density at radius 3 is 2.46 bits per heavy atom.